The van der Waals surface area contributed by atoms with Crippen LogP contribution < -0.4 is 38.3 Å². The number of carbonyl (C=O) groups excluding carboxylic acids is 6. The van der Waals surface area contributed by atoms with Crippen molar-refractivity contribution in [2.24, 2.45) is 11.5 Å². The maximum absolute atomic E-state index is 15.3. The number of alkyl carbamates (subject to hydrolysis) is 1. The fraction of sp³-hybridized carbons (Fsp3) is 0.386. The monoisotopic (exact) mass is 954 g/mol. The number of benzene rings is 2. The van der Waals surface area contributed by atoms with Crippen LogP contribution in [0.3, 0.4) is 0 Å². The maximum Gasteiger partial charge on any atom is 0.490 e. The van der Waals surface area contributed by atoms with E-state index < -0.39 is 95.4 Å². The number of halogens is 4. The summed E-state index contributed by atoms with van der Waals surface area (Å²) in [5, 5.41) is 29.5. The van der Waals surface area contributed by atoms with Crippen LogP contribution in [0.5, 0.6) is 0 Å². The number of pyridine rings is 2. The Labute approximate surface area is 382 Å². The molecule has 0 radical (unpaired) electrons. The highest BCUT2D eigenvalue weighted by atomic mass is 19.4. The molecule has 0 unspecified atom stereocenters. The fourth-order valence-electron chi connectivity index (χ4n) is 8.06. The number of nitrogens with one attached hydrogen (secondary N) is 4. The Kier molecular flexibility index (Phi) is 14.3. The Morgan fingerprint density at radius 3 is 2.28 bits per heavy atom. The maximum atomic E-state index is 15.3. The normalized spacial score (nSPS) is 17.9. The average molecular weight is 955 g/mol. The number of aliphatic carboxylic acids is 1. The summed E-state index contributed by atoms with van der Waals surface area (Å²) in [4.78, 5) is 103. The molecule has 362 valence electrons. The lowest BCUT2D eigenvalue weighted by atomic mass is 9.81. The molecule has 2 aromatic carbocycles. The van der Waals surface area contributed by atoms with Gasteiger partial charge in [-0.05, 0) is 80.5 Å². The number of alkyl halides is 3. The van der Waals surface area contributed by atoms with Gasteiger partial charge in [0.05, 0.1) is 47.5 Å². The molecular formula is C44H46F4N8O12. The van der Waals surface area contributed by atoms with Crippen molar-refractivity contribution >= 4 is 58.3 Å². The summed E-state index contributed by atoms with van der Waals surface area (Å²) in [7, 11) is 0. The van der Waals surface area contributed by atoms with E-state index in [1.807, 2.05) is 0 Å². The minimum atomic E-state index is -5.08. The Morgan fingerprint density at radius 1 is 1.01 bits per heavy atom. The highest BCUT2D eigenvalue weighted by Gasteiger charge is 2.46. The van der Waals surface area contributed by atoms with Crippen molar-refractivity contribution in [3.63, 3.8) is 0 Å². The highest BCUT2D eigenvalue weighted by Crippen LogP contribution is 2.46. The van der Waals surface area contributed by atoms with Crippen LogP contribution in [-0.2, 0) is 70.0 Å². The van der Waals surface area contributed by atoms with E-state index >= 15 is 4.39 Å². The first-order chi connectivity index (χ1) is 31.9. The zero-order valence-electron chi connectivity index (χ0n) is 36.8. The number of esters is 1. The molecule has 5 atom stereocenters. The van der Waals surface area contributed by atoms with Gasteiger partial charge in [0, 0.05) is 28.3 Å². The van der Waals surface area contributed by atoms with Crippen LogP contribution in [0.1, 0.15) is 85.0 Å². The summed E-state index contributed by atoms with van der Waals surface area (Å²) in [6.07, 6.45) is -5.59. The molecule has 4 aromatic rings. The van der Waals surface area contributed by atoms with Crippen molar-refractivity contribution in [1.29, 1.82) is 0 Å². The van der Waals surface area contributed by atoms with Gasteiger partial charge in [-0.15, -0.1) is 0 Å². The van der Waals surface area contributed by atoms with Gasteiger partial charge < -0.3 is 57.0 Å². The van der Waals surface area contributed by atoms with E-state index in [0.29, 0.717) is 63.1 Å². The predicted octanol–water partition coefficient (Wildman–Crippen LogP) is 2.22. The Bertz CT molecular complexity index is 2820. The average Bonchev–Trinajstić information content (AvgIpc) is 3.64. The molecule has 1 aliphatic carbocycles. The predicted molar refractivity (Wildman–Crippen MR) is 229 cm³/mol. The van der Waals surface area contributed by atoms with Gasteiger partial charge in [-0.1, -0.05) is 19.1 Å². The summed E-state index contributed by atoms with van der Waals surface area (Å²) < 4.78 is 59.3. The zero-order chi connectivity index (χ0) is 50.2. The molecule has 5 amide bonds. The van der Waals surface area contributed by atoms with Crippen molar-refractivity contribution in [2.45, 2.75) is 109 Å². The smallest absolute Gasteiger partial charge is 0.475 e. The molecular weight excluding hydrogens is 909 g/mol. The number of carboxylic acids is 1. The topological polar surface area (TPSA) is 313 Å². The minimum absolute atomic E-state index is 0.0350. The highest BCUT2D eigenvalue weighted by molar-refractivity contribution is 6.01. The second-order valence-corrected chi connectivity index (χ2v) is 16.4. The molecule has 7 rings (SSSR count). The third kappa shape index (κ3) is 10.1. The van der Waals surface area contributed by atoms with Crippen LogP contribution in [0.25, 0.3) is 22.3 Å². The number of amides is 5. The Morgan fingerprint density at radius 2 is 1.68 bits per heavy atom. The van der Waals surface area contributed by atoms with Crippen LogP contribution in [0.4, 0.5) is 28.0 Å². The van der Waals surface area contributed by atoms with Gasteiger partial charge in [-0.3, -0.25) is 24.0 Å². The number of hydrogen-bond acceptors (Lipinski definition) is 13. The number of nitrogens with two attached hydrogens (primary N) is 2. The number of ether oxygens (including phenoxy) is 2. The number of cyclic esters (lactones) is 1. The molecule has 68 heavy (non-hydrogen) atoms. The van der Waals surface area contributed by atoms with Crippen molar-refractivity contribution in [2.75, 3.05) is 5.32 Å². The molecule has 4 heterocycles. The number of aromatic nitrogens is 2. The van der Waals surface area contributed by atoms with Crippen molar-refractivity contribution in [3.05, 3.63) is 91.5 Å². The second kappa shape index (κ2) is 19.4. The van der Waals surface area contributed by atoms with Gasteiger partial charge in [0.25, 0.3) is 5.56 Å². The van der Waals surface area contributed by atoms with Gasteiger partial charge in [-0.25, -0.2) is 23.8 Å². The zero-order valence-corrected chi connectivity index (χ0v) is 36.8. The molecule has 0 spiro atoms. The van der Waals surface area contributed by atoms with Crippen molar-refractivity contribution in [1.82, 2.24) is 25.5 Å². The van der Waals surface area contributed by atoms with Crippen LogP contribution in [-0.4, -0.2) is 85.7 Å². The number of nitrogens with zero attached hydrogens (tertiary/aromatic N) is 2. The van der Waals surface area contributed by atoms with Gasteiger partial charge in [0.15, 0.2) is 5.60 Å². The summed E-state index contributed by atoms with van der Waals surface area (Å²) >= 11 is 0. The number of primary amides is 1. The summed E-state index contributed by atoms with van der Waals surface area (Å²) in [6.45, 7) is 5.72. The summed E-state index contributed by atoms with van der Waals surface area (Å²) in [6, 6.07) is 5.22. The minimum Gasteiger partial charge on any atom is -0.475 e. The number of rotatable bonds is 12. The van der Waals surface area contributed by atoms with E-state index in [0.717, 1.165) is 5.56 Å². The number of carboxylic acid groups (broad SMARTS) is 1. The lowest BCUT2D eigenvalue weighted by molar-refractivity contribution is -0.192. The molecule has 2 aliphatic heterocycles. The van der Waals surface area contributed by atoms with E-state index in [9.17, 15) is 51.8 Å². The molecule has 0 bridgehead atoms. The lowest BCUT2D eigenvalue weighted by Crippen LogP contribution is -2.54. The molecule has 3 aliphatic rings. The van der Waals surface area contributed by atoms with Crippen LogP contribution in [0.15, 0.2) is 41.2 Å². The van der Waals surface area contributed by atoms with Crippen LogP contribution in [0.2, 0.25) is 0 Å². The first kappa shape index (κ1) is 50.0. The summed E-state index contributed by atoms with van der Waals surface area (Å²) in [5.41, 5.74) is 13.0. The summed E-state index contributed by atoms with van der Waals surface area (Å²) in [5.74, 6) is -6.98. The van der Waals surface area contributed by atoms with Crippen LogP contribution >= 0.6 is 0 Å². The van der Waals surface area contributed by atoms with Gasteiger partial charge in [-0.2, -0.15) is 13.2 Å². The number of aliphatic hydroxyl groups is 1. The molecule has 0 saturated carbocycles. The van der Waals surface area contributed by atoms with Gasteiger partial charge >= 0.3 is 24.2 Å². The largest absolute Gasteiger partial charge is 0.490 e. The van der Waals surface area contributed by atoms with E-state index in [2.05, 4.69) is 21.3 Å². The number of fused-ring (bicyclic) bond motifs is 5. The second-order valence-electron chi connectivity index (χ2n) is 16.4. The van der Waals surface area contributed by atoms with Crippen LogP contribution in [0, 0.1) is 12.7 Å². The van der Waals surface area contributed by atoms with E-state index in [4.69, 9.17) is 35.8 Å². The van der Waals surface area contributed by atoms with E-state index in [1.54, 1.807) is 32.0 Å². The SMILES string of the molecule is CC[C@@]1(O)C(=O)OCc2c1cc1n(c2=O)Cc2c-1nc1cc(F)c(C)c3c1c2[C@@H](NC(=O)OCc1ccc(NC(=O)[C@H](CC(N)=O)NC(=O)[C@H](C)NC(=O)[C@H](C)N)cc1)CC3.O=C(O)C(F)(F)F. The lowest BCUT2D eigenvalue weighted by Gasteiger charge is -2.31. The number of anilines is 1. The Hall–Kier alpha value is -7.47. The standard InChI is InChI=1S/C42H45FN8O10.C2HF3O2/c1-5-42(59)26-12-31-35-24(15-51(31)39(56)25(26)17-60-40(42)57)34-28(11-10-23-18(2)27(43)13-29(48-35)33(23)34)50-41(58)61-16-21-6-8-22(9-7-21)47-38(55)30(14-32(45)52)49-37(54)20(4)46-36(53)19(3)44;3-2(4,5)1(6)7/h6-9,12-13,19-20,28,30,59H,5,10-11,14-17,44H2,1-4H3,(H2,45,52)(H,46,53)(H,47,55)(H,49,54)(H,50,58);(H,6,7)/t19-,20-,28-,30-,42-;/m0./s1. The number of carbonyl (C=O) groups is 7. The third-order valence-electron chi connectivity index (χ3n) is 11.7. The number of aryl methyl sites for hydroxylation is 1. The van der Waals surface area contributed by atoms with Gasteiger partial charge in [0.2, 0.25) is 23.6 Å². The molecule has 2 aromatic heterocycles. The molecule has 10 N–H and O–H groups in total. The fourth-order valence-corrected chi connectivity index (χ4v) is 8.06. The van der Waals surface area contributed by atoms with Gasteiger partial charge in [0.1, 0.15) is 31.1 Å². The molecule has 0 fully saturated rings. The van der Waals surface area contributed by atoms with Crippen molar-refractivity contribution in [3.8, 4) is 11.4 Å². The first-order valence-corrected chi connectivity index (χ1v) is 21.0. The molecule has 20 nitrogen and oxygen atoms in total. The third-order valence-corrected chi connectivity index (χ3v) is 11.7. The van der Waals surface area contributed by atoms with Crippen molar-refractivity contribution < 1.29 is 70.8 Å². The number of hydrogen-bond donors (Lipinski definition) is 8. The van der Waals surface area contributed by atoms with E-state index in [1.165, 1.54) is 36.6 Å². The molecule has 0 saturated heterocycles. The van der Waals surface area contributed by atoms with E-state index in [-0.39, 0.29) is 37.3 Å². The Balaban J connectivity index is 0.00000101. The quantitative estimate of drug-likeness (QED) is 0.0657. The molecule has 24 heteroatoms. The first-order valence-electron chi connectivity index (χ1n) is 21.0.